The van der Waals surface area contributed by atoms with Gasteiger partial charge in [-0.25, -0.2) is 17.6 Å². The molecule has 3 rings (SSSR count). The molecule has 0 aromatic heterocycles. The third kappa shape index (κ3) is 5.25. The predicted molar refractivity (Wildman–Crippen MR) is 96.7 cm³/mol. The molecule has 0 saturated heterocycles. The molecule has 1 nitrogen and oxygen atoms in total. The van der Waals surface area contributed by atoms with Gasteiger partial charge in [-0.2, -0.15) is 8.78 Å². The quantitative estimate of drug-likeness (QED) is 0.360. The van der Waals surface area contributed by atoms with E-state index in [1.54, 1.807) is 0 Å². The van der Waals surface area contributed by atoms with Crippen molar-refractivity contribution in [2.24, 2.45) is 11.8 Å². The molecular weight excluding hydrogens is 394 g/mol. The van der Waals surface area contributed by atoms with Gasteiger partial charge in [0.1, 0.15) is 0 Å². The molecule has 0 radical (unpaired) electrons. The SMILES string of the molecule is CC1CCC(CCc2ccc(OC(F)(F)c3cc(F)c(F)c(F)c3)c(F)c2)CC1. The van der Waals surface area contributed by atoms with Crippen molar-refractivity contribution in [3.63, 3.8) is 0 Å². The molecule has 0 N–H and O–H groups in total. The first-order valence-electron chi connectivity index (χ1n) is 9.66. The van der Waals surface area contributed by atoms with Crippen molar-refractivity contribution >= 4 is 0 Å². The fourth-order valence-corrected chi connectivity index (χ4v) is 3.69. The highest BCUT2D eigenvalue weighted by atomic mass is 19.3. The smallest absolute Gasteiger partial charge is 0.426 e. The second-order valence-electron chi connectivity index (χ2n) is 7.80. The Labute approximate surface area is 165 Å². The Hall–Kier alpha value is -2.18. The molecule has 0 bridgehead atoms. The van der Waals surface area contributed by atoms with Crippen LogP contribution in [0.15, 0.2) is 30.3 Å². The van der Waals surface area contributed by atoms with Crippen molar-refractivity contribution in [1.82, 2.24) is 0 Å². The maximum absolute atomic E-state index is 14.3. The van der Waals surface area contributed by atoms with E-state index in [4.69, 9.17) is 0 Å². The molecule has 2 aromatic carbocycles. The van der Waals surface area contributed by atoms with Gasteiger partial charge in [-0.05, 0) is 54.5 Å². The summed E-state index contributed by atoms with van der Waals surface area (Å²) in [6.45, 7) is 2.23. The molecule has 2 aromatic rings. The Balaban J connectivity index is 1.67. The minimum atomic E-state index is -4.24. The maximum Gasteiger partial charge on any atom is 0.427 e. The summed E-state index contributed by atoms with van der Waals surface area (Å²) in [5, 5.41) is 0. The van der Waals surface area contributed by atoms with E-state index in [1.165, 1.54) is 18.9 Å². The number of aryl methyl sites for hydroxylation is 1. The second-order valence-corrected chi connectivity index (χ2v) is 7.80. The molecule has 1 aliphatic rings. The van der Waals surface area contributed by atoms with E-state index in [2.05, 4.69) is 11.7 Å². The van der Waals surface area contributed by atoms with Gasteiger partial charge in [0, 0.05) is 0 Å². The molecule has 158 valence electrons. The molecule has 0 unspecified atom stereocenters. The van der Waals surface area contributed by atoms with E-state index in [-0.39, 0.29) is 12.1 Å². The third-order valence-electron chi connectivity index (χ3n) is 5.53. The van der Waals surface area contributed by atoms with Gasteiger partial charge in [-0.1, -0.05) is 38.7 Å². The zero-order valence-electron chi connectivity index (χ0n) is 16.0. The first kappa shape index (κ1) is 21.5. The first-order chi connectivity index (χ1) is 13.7. The van der Waals surface area contributed by atoms with Crippen molar-refractivity contribution < 1.29 is 31.1 Å². The van der Waals surface area contributed by atoms with Gasteiger partial charge in [0.25, 0.3) is 0 Å². The summed E-state index contributed by atoms with van der Waals surface area (Å²) in [6, 6.07) is 3.93. The average Bonchev–Trinajstić information content (AvgIpc) is 2.67. The van der Waals surface area contributed by atoms with Crippen LogP contribution in [0, 0.1) is 35.1 Å². The van der Waals surface area contributed by atoms with Gasteiger partial charge in [0.05, 0.1) is 5.56 Å². The Morgan fingerprint density at radius 2 is 1.52 bits per heavy atom. The molecule has 0 atom stereocenters. The predicted octanol–water partition coefficient (Wildman–Crippen LogP) is 7.13. The van der Waals surface area contributed by atoms with Crippen LogP contribution in [0.3, 0.4) is 0 Å². The lowest BCUT2D eigenvalue weighted by Gasteiger charge is -2.26. The fraction of sp³-hybridized carbons (Fsp3) is 0.455. The average molecular weight is 416 g/mol. The van der Waals surface area contributed by atoms with Gasteiger partial charge < -0.3 is 4.74 Å². The Kier molecular flexibility index (Phi) is 6.44. The molecule has 1 aliphatic carbocycles. The van der Waals surface area contributed by atoms with Crippen molar-refractivity contribution in [3.05, 3.63) is 64.7 Å². The highest BCUT2D eigenvalue weighted by Gasteiger charge is 2.37. The van der Waals surface area contributed by atoms with E-state index >= 15 is 0 Å². The molecule has 7 heteroatoms. The molecule has 1 fully saturated rings. The van der Waals surface area contributed by atoms with E-state index < -0.39 is 40.7 Å². The van der Waals surface area contributed by atoms with Gasteiger partial charge >= 0.3 is 6.11 Å². The molecule has 0 aliphatic heterocycles. The standard InChI is InChI=1S/C22H22F6O/c1-13-2-4-14(5-3-13)6-7-15-8-9-20(17(23)10-15)29-22(27,28)16-11-18(24)21(26)19(25)12-16/h8-14H,2-7H2,1H3. The minimum absolute atomic E-state index is 0.121. The topological polar surface area (TPSA) is 9.23 Å². The van der Waals surface area contributed by atoms with Crippen molar-refractivity contribution in [3.8, 4) is 5.75 Å². The van der Waals surface area contributed by atoms with Gasteiger partial charge in [0.15, 0.2) is 29.0 Å². The summed E-state index contributed by atoms with van der Waals surface area (Å²) in [5.41, 5.74) is -0.584. The zero-order chi connectivity index (χ0) is 21.2. The third-order valence-corrected chi connectivity index (χ3v) is 5.53. The lowest BCUT2D eigenvalue weighted by Crippen LogP contribution is -2.23. The molecular formula is C22H22F6O. The van der Waals surface area contributed by atoms with Gasteiger partial charge in [-0.15, -0.1) is 0 Å². The summed E-state index contributed by atoms with van der Waals surface area (Å²) in [4.78, 5) is 0. The fourth-order valence-electron chi connectivity index (χ4n) is 3.69. The first-order valence-corrected chi connectivity index (χ1v) is 9.66. The Bertz CT molecular complexity index is 835. The minimum Gasteiger partial charge on any atom is -0.426 e. The van der Waals surface area contributed by atoms with Crippen molar-refractivity contribution in [1.29, 1.82) is 0 Å². The van der Waals surface area contributed by atoms with Crippen molar-refractivity contribution in [2.75, 3.05) is 0 Å². The molecule has 0 heterocycles. The van der Waals surface area contributed by atoms with Crippen LogP contribution in [-0.2, 0) is 12.5 Å². The van der Waals surface area contributed by atoms with Crippen LogP contribution in [0.1, 0.15) is 50.2 Å². The summed E-state index contributed by atoms with van der Waals surface area (Å²) in [7, 11) is 0. The zero-order valence-corrected chi connectivity index (χ0v) is 16.0. The van der Waals surface area contributed by atoms with E-state index in [0.29, 0.717) is 17.9 Å². The Morgan fingerprint density at radius 1 is 0.897 bits per heavy atom. The highest BCUT2D eigenvalue weighted by molar-refractivity contribution is 5.31. The second kappa shape index (κ2) is 8.67. The van der Waals surface area contributed by atoms with Crippen LogP contribution in [0.25, 0.3) is 0 Å². The van der Waals surface area contributed by atoms with E-state index in [0.717, 1.165) is 37.3 Å². The largest absolute Gasteiger partial charge is 0.427 e. The number of hydrogen-bond donors (Lipinski definition) is 0. The number of rotatable bonds is 6. The molecule has 29 heavy (non-hydrogen) atoms. The van der Waals surface area contributed by atoms with Crippen LogP contribution >= 0.6 is 0 Å². The van der Waals surface area contributed by atoms with Crippen LogP contribution in [0.5, 0.6) is 5.75 Å². The normalized spacial score (nSPS) is 20.0. The van der Waals surface area contributed by atoms with Crippen LogP contribution < -0.4 is 4.74 Å². The lowest BCUT2D eigenvalue weighted by molar-refractivity contribution is -0.187. The summed E-state index contributed by atoms with van der Waals surface area (Å²) in [6.07, 6.45) is 1.94. The van der Waals surface area contributed by atoms with Crippen molar-refractivity contribution in [2.45, 2.75) is 51.6 Å². The number of ether oxygens (including phenoxy) is 1. The molecule has 0 spiro atoms. The monoisotopic (exact) mass is 416 g/mol. The number of alkyl halides is 2. The van der Waals surface area contributed by atoms with Gasteiger partial charge in [-0.3, -0.25) is 0 Å². The lowest BCUT2D eigenvalue weighted by atomic mass is 9.80. The van der Waals surface area contributed by atoms with E-state index in [1.807, 2.05) is 0 Å². The van der Waals surface area contributed by atoms with Crippen LogP contribution in [-0.4, -0.2) is 0 Å². The molecule has 1 saturated carbocycles. The number of benzene rings is 2. The van der Waals surface area contributed by atoms with Crippen LogP contribution in [0.2, 0.25) is 0 Å². The summed E-state index contributed by atoms with van der Waals surface area (Å²) < 4.78 is 86.4. The summed E-state index contributed by atoms with van der Waals surface area (Å²) in [5.74, 6) is -5.86. The summed E-state index contributed by atoms with van der Waals surface area (Å²) >= 11 is 0. The van der Waals surface area contributed by atoms with Gasteiger partial charge in [0.2, 0.25) is 0 Å². The number of hydrogen-bond acceptors (Lipinski definition) is 1. The van der Waals surface area contributed by atoms with E-state index in [9.17, 15) is 26.3 Å². The highest BCUT2D eigenvalue weighted by Crippen LogP contribution is 2.35. The maximum atomic E-state index is 14.3. The Morgan fingerprint density at radius 3 is 2.10 bits per heavy atom. The molecule has 0 amide bonds. The van der Waals surface area contributed by atoms with Crippen LogP contribution in [0.4, 0.5) is 26.3 Å². The number of halogens is 6.